The van der Waals surface area contributed by atoms with Crippen LogP contribution >= 0.6 is 0 Å². The summed E-state index contributed by atoms with van der Waals surface area (Å²) in [6.07, 6.45) is 0. The summed E-state index contributed by atoms with van der Waals surface area (Å²) in [5.74, 6) is 0. The maximum absolute atomic E-state index is 6.33. The predicted octanol–water partition coefficient (Wildman–Crippen LogP) is 17.1. The van der Waals surface area contributed by atoms with Gasteiger partial charge < -0.3 is 9.32 Å². The molecule has 1 heterocycles. The van der Waals surface area contributed by atoms with Crippen molar-refractivity contribution in [3.63, 3.8) is 0 Å². The van der Waals surface area contributed by atoms with Crippen molar-refractivity contribution in [2.24, 2.45) is 0 Å². The second-order valence-corrected chi connectivity index (χ2v) is 15.7. The van der Waals surface area contributed by atoms with Crippen LogP contribution in [-0.2, 0) is 0 Å². The molecule has 0 unspecified atom stereocenters. The molecule has 0 atom stereocenters. The first-order valence-corrected chi connectivity index (χ1v) is 21.2. The molecule has 0 aliphatic rings. The summed E-state index contributed by atoms with van der Waals surface area (Å²) in [6, 6.07) is 89.2. The van der Waals surface area contributed by atoms with Crippen molar-refractivity contribution in [3.05, 3.63) is 249 Å². The fourth-order valence-corrected chi connectivity index (χ4v) is 8.87. The molecule has 0 aliphatic heterocycles. The highest BCUT2D eigenvalue weighted by molar-refractivity contribution is 6.07. The summed E-state index contributed by atoms with van der Waals surface area (Å²) in [4.78, 5) is 2.40. The van der Waals surface area contributed by atoms with Crippen LogP contribution < -0.4 is 4.90 Å². The van der Waals surface area contributed by atoms with Crippen LogP contribution in [0.15, 0.2) is 253 Å². The third-order valence-corrected chi connectivity index (χ3v) is 11.9. The normalized spacial score (nSPS) is 11.2. The van der Waals surface area contributed by atoms with Gasteiger partial charge in [0, 0.05) is 27.7 Å². The Balaban J connectivity index is 1.09. The average Bonchev–Trinajstić information content (AvgIpc) is 3.73. The van der Waals surface area contributed by atoms with E-state index >= 15 is 0 Å². The summed E-state index contributed by atoms with van der Waals surface area (Å²) in [5.41, 5.74) is 19.1. The molecule has 2 heteroatoms. The Hall–Kier alpha value is -8.20. The van der Waals surface area contributed by atoms with E-state index < -0.39 is 0 Å². The summed E-state index contributed by atoms with van der Waals surface area (Å²) < 4.78 is 6.33. The lowest BCUT2D eigenvalue weighted by molar-refractivity contribution is 0.669. The van der Waals surface area contributed by atoms with Crippen molar-refractivity contribution >= 4 is 39.0 Å². The van der Waals surface area contributed by atoms with Crippen LogP contribution in [-0.4, -0.2) is 0 Å². The maximum atomic E-state index is 6.33. The van der Waals surface area contributed by atoms with E-state index in [4.69, 9.17) is 4.42 Å². The van der Waals surface area contributed by atoms with Crippen LogP contribution in [0.4, 0.5) is 17.1 Å². The summed E-state index contributed by atoms with van der Waals surface area (Å²) in [6.45, 7) is 0. The molecular weight excluding hydrogens is 751 g/mol. The number of hydrogen-bond acceptors (Lipinski definition) is 2. The van der Waals surface area contributed by atoms with E-state index in [2.05, 4.69) is 241 Å². The Labute approximate surface area is 362 Å². The van der Waals surface area contributed by atoms with Crippen LogP contribution in [0.3, 0.4) is 0 Å². The van der Waals surface area contributed by atoms with Crippen molar-refractivity contribution in [1.29, 1.82) is 0 Å². The van der Waals surface area contributed by atoms with Gasteiger partial charge in [0.2, 0.25) is 0 Å². The van der Waals surface area contributed by atoms with Gasteiger partial charge in [-0.15, -0.1) is 0 Å². The van der Waals surface area contributed by atoms with E-state index in [0.29, 0.717) is 0 Å². The van der Waals surface area contributed by atoms with E-state index in [1.165, 1.54) is 50.1 Å². The molecule has 10 aromatic carbocycles. The maximum Gasteiger partial charge on any atom is 0.135 e. The largest absolute Gasteiger partial charge is 0.456 e. The SMILES string of the molecule is c1ccc(-c2ccc(-c3ccc(N(c4ccc5oc6ccccc6c5c4)c4ccccc4-c4ccc(-c5ccccc5)cc4-c4ccccc4-c4ccccc4)cc3)cc2)cc1. The molecule has 11 rings (SSSR count). The highest BCUT2D eigenvalue weighted by atomic mass is 16.3. The van der Waals surface area contributed by atoms with Crippen molar-refractivity contribution in [2.75, 3.05) is 4.90 Å². The Bertz CT molecular complexity index is 3310. The zero-order chi connectivity index (χ0) is 41.2. The number of furan rings is 1. The van der Waals surface area contributed by atoms with Gasteiger partial charge in [0.05, 0.1) is 5.69 Å². The first kappa shape index (κ1) is 36.8. The van der Waals surface area contributed by atoms with Crippen LogP contribution in [0.25, 0.3) is 88.7 Å². The fourth-order valence-electron chi connectivity index (χ4n) is 8.87. The van der Waals surface area contributed by atoms with Crippen molar-refractivity contribution < 1.29 is 4.42 Å². The Morgan fingerprint density at radius 1 is 0.242 bits per heavy atom. The number of hydrogen-bond donors (Lipinski definition) is 0. The summed E-state index contributed by atoms with van der Waals surface area (Å²) >= 11 is 0. The molecule has 0 aliphatic carbocycles. The number of benzene rings is 10. The first-order chi connectivity index (χ1) is 30.7. The molecule has 2 nitrogen and oxygen atoms in total. The van der Waals surface area contributed by atoms with Gasteiger partial charge in [0.25, 0.3) is 0 Å². The Kier molecular flexibility index (Phi) is 9.57. The molecule has 0 saturated heterocycles. The predicted molar refractivity (Wildman–Crippen MR) is 261 cm³/mol. The number of rotatable bonds is 9. The molecule has 62 heavy (non-hydrogen) atoms. The minimum Gasteiger partial charge on any atom is -0.456 e. The molecule has 11 aromatic rings. The Morgan fingerprint density at radius 3 is 1.37 bits per heavy atom. The molecule has 0 fully saturated rings. The molecular formula is C60H41NO. The van der Waals surface area contributed by atoms with Crippen molar-refractivity contribution in [1.82, 2.24) is 0 Å². The van der Waals surface area contributed by atoms with Gasteiger partial charge in [-0.2, -0.15) is 0 Å². The number of para-hydroxylation sites is 2. The minimum atomic E-state index is 0.869. The van der Waals surface area contributed by atoms with E-state index in [1.807, 2.05) is 12.1 Å². The summed E-state index contributed by atoms with van der Waals surface area (Å²) in [5, 5.41) is 2.18. The number of fused-ring (bicyclic) bond motifs is 3. The zero-order valence-electron chi connectivity index (χ0n) is 34.0. The molecule has 0 spiro atoms. The molecule has 0 saturated carbocycles. The monoisotopic (exact) mass is 791 g/mol. The van der Waals surface area contributed by atoms with Crippen LogP contribution in [0, 0.1) is 0 Å². The second kappa shape index (κ2) is 16.1. The van der Waals surface area contributed by atoms with E-state index in [1.54, 1.807) is 0 Å². The Morgan fingerprint density at radius 2 is 0.694 bits per heavy atom. The number of anilines is 3. The van der Waals surface area contributed by atoms with E-state index in [0.717, 1.165) is 55.7 Å². The molecule has 0 radical (unpaired) electrons. The van der Waals surface area contributed by atoms with Gasteiger partial charge in [-0.3, -0.25) is 0 Å². The van der Waals surface area contributed by atoms with Crippen LogP contribution in [0.2, 0.25) is 0 Å². The first-order valence-electron chi connectivity index (χ1n) is 21.2. The molecule has 0 bridgehead atoms. The quantitative estimate of drug-likeness (QED) is 0.145. The van der Waals surface area contributed by atoms with Crippen LogP contribution in [0.5, 0.6) is 0 Å². The molecule has 292 valence electrons. The van der Waals surface area contributed by atoms with Crippen molar-refractivity contribution in [2.45, 2.75) is 0 Å². The lowest BCUT2D eigenvalue weighted by atomic mass is 9.86. The molecule has 0 N–H and O–H groups in total. The highest BCUT2D eigenvalue weighted by Crippen LogP contribution is 2.47. The zero-order valence-corrected chi connectivity index (χ0v) is 34.0. The minimum absolute atomic E-state index is 0.869. The van der Waals surface area contributed by atoms with E-state index in [-0.39, 0.29) is 0 Å². The second-order valence-electron chi connectivity index (χ2n) is 15.7. The van der Waals surface area contributed by atoms with Gasteiger partial charge in [-0.05, 0) is 110 Å². The van der Waals surface area contributed by atoms with Crippen LogP contribution in [0.1, 0.15) is 0 Å². The van der Waals surface area contributed by atoms with Gasteiger partial charge in [0.1, 0.15) is 11.2 Å². The lowest BCUT2D eigenvalue weighted by Gasteiger charge is -2.29. The smallest absolute Gasteiger partial charge is 0.135 e. The summed E-state index contributed by atoms with van der Waals surface area (Å²) in [7, 11) is 0. The van der Waals surface area contributed by atoms with Gasteiger partial charge in [0.15, 0.2) is 0 Å². The lowest BCUT2D eigenvalue weighted by Crippen LogP contribution is -2.11. The topological polar surface area (TPSA) is 16.4 Å². The molecule has 0 amide bonds. The third-order valence-electron chi connectivity index (χ3n) is 11.9. The molecule has 1 aromatic heterocycles. The average molecular weight is 792 g/mol. The van der Waals surface area contributed by atoms with E-state index in [9.17, 15) is 0 Å². The standard InChI is InChI=1S/C60H41NO/c1-4-16-42(17-5-1)44-28-30-45(31-29-44)46-32-35-49(36-33-46)61(50-37-39-60-57(41-50)55-25-13-15-27-59(55)62-60)58-26-14-12-24-54(58)53-38-34-48(43-18-6-2-7-19-43)40-56(53)52-23-11-10-22-51(52)47-20-8-3-9-21-47/h1-41H. The van der Waals surface area contributed by atoms with Crippen molar-refractivity contribution in [3.8, 4) is 66.8 Å². The van der Waals surface area contributed by atoms with Gasteiger partial charge >= 0.3 is 0 Å². The highest BCUT2D eigenvalue weighted by Gasteiger charge is 2.22. The fraction of sp³-hybridized carbons (Fsp3) is 0. The number of nitrogens with zero attached hydrogens (tertiary/aromatic N) is 1. The van der Waals surface area contributed by atoms with Gasteiger partial charge in [-0.1, -0.05) is 200 Å². The third kappa shape index (κ3) is 6.94. The van der Waals surface area contributed by atoms with Gasteiger partial charge in [-0.25, -0.2) is 0 Å².